The zero-order chi connectivity index (χ0) is 38.0. The van der Waals surface area contributed by atoms with E-state index in [0.29, 0.717) is 23.8 Å². The molecule has 3 aromatic rings. The van der Waals surface area contributed by atoms with Crippen LogP contribution in [0.4, 0.5) is 26.3 Å². The lowest BCUT2D eigenvalue weighted by Crippen LogP contribution is -2.14. The SMILES string of the molecule is CCC/C=C\CC(=O)Oc1cc(C(F)(F)F)ccc1C(=O)O.CCC/C=C\CC(=O)Oc1cc(C(F)(F)F)ccc1C(=O)OCc1ccccc1. The van der Waals surface area contributed by atoms with Crippen molar-refractivity contribution in [1.82, 2.24) is 0 Å². The molecule has 0 atom stereocenters. The summed E-state index contributed by atoms with van der Waals surface area (Å²) >= 11 is 0. The molecule has 0 aliphatic rings. The number of ether oxygens (including phenoxy) is 3. The number of hydrogen-bond donors (Lipinski definition) is 1. The number of allylic oxidation sites excluding steroid dienone is 2. The van der Waals surface area contributed by atoms with Crippen LogP contribution in [0, 0.1) is 0 Å². The van der Waals surface area contributed by atoms with Crippen LogP contribution in [0.15, 0.2) is 91.0 Å². The van der Waals surface area contributed by atoms with Crippen molar-refractivity contribution in [3.8, 4) is 11.5 Å². The number of aromatic carboxylic acids is 1. The highest BCUT2D eigenvalue weighted by Gasteiger charge is 2.33. The number of hydrogen-bond acceptors (Lipinski definition) is 7. The lowest BCUT2D eigenvalue weighted by atomic mass is 10.1. The fraction of sp³-hybridized carbons (Fsp3) is 0.297. The van der Waals surface area contributed by atoms with Crippen LogP contribution in [0.2, 0.25) is 0 Å². The van der Waals surface area contributed by atoms with Crippen molar-refractivity contribution in [1.29, 1.82) is 0 Å². The second-order valence-corrected chi connectivity index (χ2v) is 10.7. The Labute approximate surface area is 290 Å². The van der Waals surface area contributed by atoms with Gasteiger partial charge in [0.2, 0.25) is 0 Å². The summed E-state index contributed by atoms with van der Waals surface area (Å²) in [7, 11) is 0. The highest BCUT2D eigenvalue weighted by molar-refractivity contribution is 5.94. The second-order valence-electron chi connectivity index (χ2n) is 10.7. The third-order valence-corrected chi connectivity index (χ3v) is 6.54. The summed E-state index contributed by atoms with van der Waals surface area (Å²) in [5.41, 5.74) is -2.14. The lowest BCUT2D eigenvalue weighted by Gasteiger charge is -2.13. The highest BCUT2D eigenvalue weighted by Crippen LogP contribution is 2.35. The molecule has 0 spiro atoms. The Morgan fingerprint density at radius 1 is 0.647 bits per heavy atom. The number of rotatable bonds is 14. The van der Waals surface area contributed by atoms with E-state index in [2.05, 4.69) is 0 Å². The third kappa shape index (κ3) is 14.9. The molecular weight excluding hydrogens is 686 g/mol. The van der Waals surface area contributed by atoms with Crippen LogP contribution in [-0.2, 0) is 33.3 Å². The topological polar surface area (TPSA) is 116 Å². The molecule has 274 valence electrons. The van der Waals surface area contributed by atoms with Gasteiger partial charge in [-0.05, 0) is 54.8 Å². The van der Waals surface area contributed by atoms with Crippen molar-refractivity contribution >= 4 is 23.9 Å². The van der Waals surface area contributed by atoms with Crippen LogP contribution >= 0.6 is 0 Å². The van der Waals surface area contributed by atoms with Crippen molar-refractivity contribution in [2.75, 3.05) is 0 Å². The molecule has 3 aromatic carbocycles. The lowest BCUT2D eigenvalue weighted by molar-refractivity contribution is -0.139. The average molecular weight is 723 g/mol. The molecule has 0 amide bonds. The van der Waals surface area contributed by atoms with Crippen LogP contribution in [0.5, 0.6) is 11.5 Å². The van der Waals surface area contributed by atoms with Gasteiger partial charge in [0.1, 0.15) is 29.2 Å². The summed E-state index contributed by atoms with van der Waals surface area (Å²) in [5, 5.41) is 8.93. The molecule has 0 aliphatic carbocycles. The smallest absolute Gasteiger partial charge is 0.416 e. The van der Waals surface area contributed by atoms with Gasteiger partial charge in [-0.25, -0.2) is 9.59 Å². The largest absolute Gasteiger partial charge is 0.478 e. The van der Waals surface area contributed by atoms with E-state index in [1.165, 1.54) is 6.08 Å². The normalized spacial score (nSPS) is 11.5. The van der Waals surface area contributed by atoms with Crippen LogP contribution in [-0.4, -0.2) is 29.0 Å². The fourth-order valence-corrected chi connectivity index (χ4v) is 3.97. The summed E-state index contributed by atoms with van der Waals surface area (Å²) in [6.07, 6.45) is 0.391. The summed E-state index contributed by atoms with van der Waals surface area (Å²) in [6, 6.07) is 13.0. The van der Waals surface area contributed by atoms with E-state index in [9.17, 15) is 45.5 Å². The van der Waals surface area contributed by atoms with E-state index in [0.717, 1.165) is 43.9 Å². The number of benzene rings is 3. The standard InChI is InChI=1S/C22H21F3O4.C15H15F3O4/c1-2-3-4-8-11-20(26)29-19-14-17(22(23,24)25)12-13-18(19)21(27)28-15-16-9-6-5-7-10-16;1-2-3-4-5-6-13(19)22-12-9-10(15(16,17)18)7-8-11(12)14(20)21/h4-10,12-14H,2-3,11,15H2,1H3;4-5,7-9H,2-3,6H2,1H3,(H,20,21)/b8-4-;5-4-. The minimum atomic E-state index is -4.65. The van der Waals surface area contributed by atoms with E-state index < -0.39 is 64.4 Å². The van der Waals surface area contributed by atoms with Crippen molar-refractivity contribution in [3.05, 3.63) is 119 Å². The minimum Gasteiger partial charge on any atom is -0.478 e. The van der Waals surface area contributed by atoms with Crippen molar-refractivity contribution in [2.24, 2.45) is 0 Å². The number of esters is 3. The fourth-order valence-electron chi connectivity index (χ4n) is 3.97. The third-order valence-electron chi connectivity index (χ3n) is 6.54. The predicted molar refractivity (Wildman–Crippen MR) is 174 cm³/mol. The van der Waals surface area contributed by atoms with E-state index in [1.54, 1.807) is 48.6 Å². The first-order chi connectivity index (χ1) is 24.1. The summed E-state index contributed by atoms with van der Waals surface area (Å²) < 4.78 is 91.9. The summed E-state index contributed by atoms with van der Waals surface area (Å²) in [6.45, 7) is 3.86. The molecule has 0 saturated heterocycles. The molecule has 0 bridgehead atoms. The van der Waals surface area contributed by atoms with Crippen molar-refractivity contribution < 1.29 is 64.8 Å². The Morgan fingerprint density at radius 2 is 1.10 bits per heavy atom. The van der Waals surface area contributed by atoms with Gasteiger partial charge in [-0.15, -0.1) is 0 Å². The number of carbonyl (C=O) groups is 4. The van der Waals surface area contributed by atoms with Gasteiger partial charge < -0.3 is 19.3 Å². The Balaban J connectivity index is 0.000000368. The molecule has 0 saturated carbocycles. The first kappa shape index (κ1) is 41.8. The van der Waals surface area contributed by atoms with Crippen LogP contribution < -0.4 is 9.47 Å². The first-order valence-corrected chi connectivity index (χ1v) is 15.6. The Kier molecular flexibility index (Phi) is 16.6. The van der Waals surface area contributed by atoms with Gasteiger partial charge in [-0.1, -0.05) is 81.3 Å². The van der Waals surface area contributed by atoms with E-state index in [4.69, 9.17) is 19.3 Å². The zero-order valence-electron chi connectivity index (χ0n) is 27.7. The number of carboxylic acid groups (broad SMARTS) is 1. The molecule has 0 aromatic heterocycles. The molecule has 0 fully saturated rings. The molecule has 0 unspecified atom stereocenters. The number of halogens is 6. The van der Waals surface area contributed by atoms with Gasteiger partial charge in [0.25, 0.3) is 0 Å². The Hall–Kier alpha value is -5.40. The van der Waals surface area contributed by atoms with E-state index >= 15 is 0 Å². The molecule has 0 aliphatic heterocycles. The highest BCUT2D eigenvalue weighted by atomic mass is 19.4. The van der Waals surface area contributed by atoms with Gasteiger partial charge in [0.15, 0.2) is 0 Å². The van der Waals surface area contributed by atoms with E-state index in [1.807, 2.05) is 13.8 Å². The zero-order valence-corrected chi connectivity index (χ0v) is 27.7. The summed E-state index contributed by atoms with van der Waals surface area (Å²) in [5.74, 6) is -5.05. The second kappa shape index (κ2) is 20.3. The van der Waals surface area contributed by atoms with Gasteiger partial charge in [-0.2, -0.15) is 26.3 Å². The maximum atomic E-state index is 13.0. The molecule has 51 heavy (non-hydrogen) atoms. The van der Waals surface area contributed by atoms with Gasteiger partial charge in [0, 0.05) is 0 Å². The predicted octanol–water partition coefficient (Wildman–Crippen LogP) is 9.77. The molecular formula is C37H36F6O8. The molecule has 1 N–H and O–H groups in total. The number of carboxylic acids is 1. The minimum absolute atomic E-state index is 0.0617. The molecule has 0 heterocycles. The maximum absolute atomic E-state index is 13.0. The molecule has 8 nitrogen and oxygen atoms in total. The monoisotopic (exact) mass is 722 g/mol. The quantitative estimate of drug-likeness (QED) is 0.0757. The van der Waals surface area contributed by atoms with Crippen molar-refractivity contribution in [2.45, 2.75) is 71.3 Å². The number of carbonyl (C=O) groups excluding carboxylic acids is 3. The summed E-state index contributed by atoms with van der Waals surface area (Å²) in [4.78, 5) is 46.9. The van der Waals surface area contributed by atoms with Gasteiger partial charge in [-0.3, -0.25) is 9.59 Å². The Bertz CT molecular complexity index is 1680. The van der Waals surface area contributed by atoms with Crippen molar-refractivity contribution in [3.63, 3.8) is 0 Å². The van der Waals surface area contributed by atoms with Gasteiger partial charge >= 0.3 is 36.2 Å². The molecule has 14 heteroatoms. The number of alkyl halides is 6. The molecule has 0 radical (unpaired) electrons. The Morgan fingerprint density at radius 3 is 1.53 bits per heavy atom. The first-order valence-electron chi connectivity index (χ1n) is 15.6. The maximum Gasteiger partial charge on any atom is 0.416 e. The number of unbranched alkanes of at least 4 members (excludes halogenated alkanes) is 2. The van der Waals surface area contributed by atoms with Crippen LogP contribution in [0.25, 0.3) is 0 Å². The average Bonchev–Trinajstić information content (AvgIpc) is 3.07. The molecule has 3 rings (SSSR count). The van der Waals surface area contributed by atoms with Gasteiger partial charge in [0.05, 0.1) is 24.0 Å². The van der Waals surface area contributed by atoms with E-state index in [-0.39, 0.29) is 25.0 Å². The van der Waals surface area contributed by atoms with Crippen LogP contribution in [0.1, 0.15) is 89.8 Å². The van der Waals surface area contributed by atoms with Crippen LogP contribution in [0.3, 0.4) is 0 Å².